The Balaban J connectivity index is 0.000000250. The van der Waals surface area contributed by atoms with Crippen LogP contribution < -0.4 is 24.3 Å². The molecule has 6 rings (SSSR count). The number of benzene rings is 4. The molecule has 4 aromatic carbocycles. The molecule has 54 heavy (non-hydrogen) atoms. The zero-order valence-corrected chi connectivity index (χ0v) is 31.9. The molecule has 290 valence electrons. The van der Waals surface area contributed by atoms with Crippen molar-refractivity contribution in [3.8, 4) is 28.7 Å². The molecule has 8 nitrogen and oxygen atoms in total. The number of aromatic hydroxyl groups is 1. The Hall–Kier alpha value is -4.71. The first kappa shape index (κ1) is 42.0. The molecule has 0 bridgehead atoms. The van der Waals surface area contributed by atoms with E-state index in [9.17, 15) is 28.2 Å². The van der Waals surface area contributed by atoms with Gasteiger partial charge in [0.2, 0.25) is 0 Å². The number of rotatable bonds is 10. The number of fused-ring (bicyclic) bond motifs is 2. The monoisotopic (exact) mass is 769 g/mol. The summed E-state index contributed by atoms with van der Waals surface area (Å²) in [6.45, 7) is 8.27. The largest absolute Gasteiger partial charge is 0.507 e. The lowest BCUT2D eigenvalue weighted by Gasteiger charge is -2.37. The number of alkyl halides is 3. The Kier molecular flexibility index (Phi) is 13.4. The Labute approximate surface area is 320 Å². The molecule has 0 amide bonds. The highest BCUT2D eigenvalue weighted by Crippen LogP contribution is 2.41. The summed E-state index contributed by atoms with van der Waals surface area (Å²) in [6, 6.07) is 21.2. The second-order valence-corrected chi connectivity index (χ2v) is 14.1. The molecule has 0 spiro atoms. The van der Waals surface area contributed by atoms with Crippen LogP contribution in [0.1, 0.15) is 78.4 Å². The van der Waals surface area contributed by atoms with Gasteiger partial charge in [-0.25, -0.2) is 0 Å². The summed E-state index contributed by atoms with van der Waals surface area (Å²) in [5.74, 6) is 1.80. The first-order valence-corrected chi connectivity index (χ1v) is 17.4. The van der Waals surface area contributed by atoms with Crippen molar-refractivity contribution in [1.29, 1.82) is 0 Å². The van der Waals surface area contributed by atoms with Gasteiger partial charge in [0.15, 0.2) is 5.78 Å². The number of Topliss-reactive ketones (excluding diaryl/α,β-unsaturated/α-hetero) is 1. The van der Waals surface area contributed by atoms with Gasteiger partial charge in [0, 0.05) is 30.9 Å². The number of methoxy groups -OCH3 is 1. The Bertz CT molecular complexity index is 1930. The van der Waals surface area contributed by atoms with E-state index in [0.29, 0.717) is 40.5 Å². The minimum absolute atomic E-state index is 0. The maximum atomic E-state index is 13.1. The summed E-state index contributed by atoms with van der Waals surface area (Å²) >= 11 is 0. The third-order valence-electron chi connectivity index (χ3n) is 9.17. The van der Waals surface area contributed by atoms with Crippen molar-refractivity contribution in [2.45, 2.75) is 76.5 Å². The van der Waals surface area contributed by atoms with Gasteiger partial charge in [0.25, 0.3) is 0 Å². The van der Waals surface area contributed by atoms with Crippen molar-refractivity contribution in [3.63, 3.8) is 0 Å². The number of carbonyl (C=O) groups excluding carboxylic acids is 1. The van der Waals surface area contributed by atoms with E-state index in [1.54, 1.807) is 27.0 Å². The van der Waals surface area contributed by atoms with Gasteiger partial charge in [-0.3, -0.25) is 4.79 Å². The summed E-state index contributed by atoms with van der Waals surface area (Å²) in [5.41, 5.74) is 1.54. The summed E-state index contributed by atoms with van der Waals surface area (Å²) in [6.07, 6.45) is -0.216. The molecular formula is C42H47ClF3NO7. The number of phenols is 1. The molecule has 0 saturated heterocycles. The zero-order chi connectivity index (χ0) is 38.6. The van der Waals surface area contributed by atoms with Crippen molar-refractivity contribution < 1.29 is 47.1 Å². The molecule has 12 heteroatoms. The fraction of sp³-hybridized carbons (Fsp3) is 0.357. The summed E-state index contributed by atoms with van der Waals surface area (Å²) in [5, 5.41) is 23.9. The molecule has 4 aromatic rings. The summed E-state index contributed by atoms with van der Waals surface area (Å²) in [4.78, 5) is 13.1. The normalized spacial score (nSPS) is 16.8. The van der Waals surface area contributed by atoms with Gasteiger partial charge in [0.05, 0.1) is 29.9 Å². The van der Waals surface area contributed by atoms with Crippen molar-refractivity contribution >= 4 is 24.3 Å². The van der Waals surface area contributed by atoms with Gasteiger partial charge >= 0.3 is 6.18 Å². The van der Waals surface area contributed by atoms with Gasteiger partial charge in [-0.15, -0.1) is 12.4 Å². The first-order chi connectivity index (χ1) is 25.0. The smallest absolute Gasteiger partial charge is 0.416 e. The maximum Gasteiger partial charge on any atom is 0.416 e. The van der Waals surface area contributed by atoms with Crippen LogP contribution in [0.5, 0.6) is 28.7 Å². The van der Waals surface area contributed by atoms with E-state index in [2.05, 4.69) is 5.32 Å². The molecule has 2 aliphatic rings. The third-order valence-corrected chi connectivity index (χ3v) is 9.17. The third kappa shape index (κ3) is 10.1. The first-order valence-electron chi connectivity index (χ1n) is 17.4. The molecule has 3 N–H and O–H groups in total. The van der Waals surface area contributed by atoms with Crippen LogP contribution in [-0.4, -0.2) is 54.0 Å². The molecule has 2 atom stereocenters. The highest BCUT2D eigenvalue weighted by molar-refractivity contribution is 6.01. The van der Waals surface area contributed by atoms with E-state index >= 15 is 0 Å². The second-order valence-electron chi connectivity index (χ2n) is 14.1. The van der Waals surface area contributed by atoms with Crippen LogP contribution >= 0.6 is 12.4 Å². The highest BCUT2D eigenvalue weighted by atomic mass is 35.5. The lowest BCUT2D eigenvalue weighted by atomic mass is 9.89. The predicted molar refractivity (Wildman–Crippen MR) is 204 cm³/mol. The Morgan fingerprint density at radius 3 is 2.30 bits per heavy atom. The van der Waals surface area contributed by atoms with Crippen LogP contribution in [0.15, 0.2) is 84.9 Å². The summed E-state index contributed by atoms with van der Waals surface area (Å²) < 4.78 is 61.0. The van der Waals surface area contributed by atoms with E-state index in [-0.39, 0.29) is 42.0 Å². The van der Waals surface area contributed by atoms with Gasteiger partial charge in [0.1, 0.15) is 46.1 Å². The molecule has 0 saturated carbocycles. The number of ether oxygens (including phenoxy) is 4. The number of ketones is 1. The number of halogens is 4. The number of aliphatic hydroxyl groups is 1. The number of carbonyl (C=O) groups is 1. The van der Waals surface area contributed by atoms with E-state index < -0.39 is 29.0 Å². The van der Waals surface area contributed by atoms with Gasteiger partial charge in [-0.2, -0.15) is 13.2 Å². The highest BCUT2D eigenvalue weighted by Gasteiger charge is 2.37. The average Bonchev–Trinajstić information content (AvgIpc) is 3.10. The van der Waals surface area contributed by atoms with Crippen molar-refractivity contribution in [2.75, 3.05) is 20.7 Å². The summed E-state index contributed by atoms with van der Waals surface area (Å²) in [7, 11) is 3.41. The molecule has 2 heterocycles. The number of nitrogens with one attached hydrogen (secondary N) is 1. The Morgan fingerprint density at radius 2 is 1.67 bits per heavy atom. The van der Waals surface area contributed by atoms with Crippen LogP contribution in [0.25, 0.3) is 6.08 Å². The SMILES string of the molecule is CNCCC(Oc1ccc(C(F)(F)F)cc1)c1ccccc1.COc1c(CC(=O)c2cc3c(cc2O)OC(C)(C)C(O)C3)ccc2c1C=CC(C)(C)O2.Cl. The average molecular weight is 770 g/mol. The van der Waals surface area contributed by atoms with Crippen LogP contribution in [0.2, 0.25) is 0 Å². The number of hydrogen-bond donors (Lipinski definition) is 3. The lowest BCUT2D eigenvalue weighted by molar-refractivity contribution is -0.137. The van der Waals surface area contributed by atoms with Gasteiger partial charge < -0.3 is 34.5 Å². The minimum atomic E-state index is -4.33. The predicted octanol–water partition coefficient (Wildman–Crippen LogP) is 8.94. The van der Waals surface area contributed by atoms with Crippen LogP contribution in [-0.2, 0) is 19.0 Å². The second kappa shape index (κ2) is 17.2. The molecule has 0 aliphatic carbocycles. The minimum Gasteiger partial charge on any atom is -0.507 e. The van der Waals surface area contributed by atoms with E-state index in [0.717, 1.165) is 36.2 Å². The lowest BCUT2D eigenvalue weighted by Crippen LogP contribution is -2.46. The Morgan fingerprint density at radius 1 is 0.981 bits per heavy atom. The standard InChI is InChI=1S/C25H28O6.C17H18F3NO.ClH/c1-24(2)9-8-16-20(30-24)7-6-14(23(16)29-5)11-18(26)17-10-15-12-22(28)25(3,4)31-21(15)13-19(17)27;1-21-12-11-16(13-5-3-2-4-6-13)22-15-9-7-14(8-10-15)17(18,19)20;/h6-10,13,22,27-28H,11-12H2,1-5H3;2-10,16,21H,11-12H2,1H3;1H. The van der Waals surface area contributed by atoms with E-state index in [4.69, 9.17) is 18.9 Å². The molecule has 2 unspecified atom stereocenters. The van der Waals surface area contributed by atoms with Crippen molar-refractivity contribution in [2.24, 2.45) is 0 Å². The zero-order valence-electron chi connectivity index (χ0n) is 31.1. The van der Waals surface area contributed by atoms with Crippen molar-refractivity contribution in [3.05, 3.63) is 118 Å². The molecule has 0 aromatic heterocycles. The number of hydrogen-bond acceptors (Lipinski definition) is 8. The van der Waals surface area contributed by atoms with Gasteiger partial charge in [-0.05, 0) is 101 Å². The molecule has 2 aliphatic heterocycles. The van der Waals surface area contributed by atoms with Crippen molar-refractivity contribution in [1.82, 2.24) is 5.32 Å². The fourth-order valence-electron chi connectivity index (χ4n) is 6.14. The number of aliphatic hydroxyl groups excluding tert-OH is 1. The molecular weight excluding hydrogens is 723 g/mol. The quantitative estimate of drug-likeness (QED) is 0.137. The topological polar surface area (TPSA) is 106 Å². The van der Waals surface area contributed by atoms with E-state index in [1.807, 2.05) is 75.5 Å². The van der Waals surface area contributed by atoms with Crippen LogP contribution in [0.4, 0.5) is 13.2 Å². The van der Waals surface area contributed by atoms with Gasteiger partial charge in [-0.1, -0.05) is 36.4 Å². The number of phenolic OH excluding ortho intramolecular Hbond substituents is 1. The fourth-order valence-corrected chi connectivity index (χ4v) is 6.14. The molecule has 0 radical (unpaired) electrons. The molecule has 0 fully saturated rings. The van der Waals surface area contributed by atoms with Crippen LogP contribution in [0, 0.1) is 0 Å². The maximum absolute atomic E-state index is 13.1. The van der Waals surface area contributed by atoms with Crippen LogP contribution in [0.3, 0.4) is 0 Å². The van der Waals surface area contributed by atoms with E-state index in [1.165, 1.54) is 18.2 Å².